The van der Waals surface area contributed by atoms with Gasteiger partial charge in [0.2, 0.25) is 10.0 Å². The summed E-state index contributed by atoms with van der Waals surface area (Å²) in [4.78, 5) is 11.6. The first kappa shape index (κ1) is 18.6. The Morgan fingerprint density at radius 1 is 1.54 bits per heavy atom. The summed E-state index contributed by atoms with van der Waals surface area (Å²) in [5.74, 6) is -1.84. The van der Waals surface area contributed by atoms with Crippen molar-refractivity contribution < 1.29 is 28.4 Å². The van der Waals surface area contributed by atoms with Crippen LogP contribution < -0.4 is 10.5 Å². The monoisotopic (exact) mass is 361 g/mol. The molecule has 0 aromatic carbocycles. The van der Waals surface area contributed by atoms with Crippen molar-refractivity contribution in [3.63, 3.8) is 0 Å². The molecule has 13 heteroatoms. The standard InChI is InChI=1S/C11H20BN5O6S/c13-11(10(18)19)5-8(4-7(11)2-1-3-12(20)21)24(22,23)16-9-6-14-17-15-9/h6-8,20-21H,1-5,13H2,(H,18,19)(H2,14,15,16,17)/t7-,8?,11-/m0/s1. The molecule has 0 bridgehead atoms. The number of H-pyrrole nitrogens is 1. The molecule has 1 unspecified atom stereocenters. The van der Waals surface area contributed by atoms with Gasteiger partial charge >= 0.3 is 13.1 Å². The number of nitrogens with one attached hydrogen (secondary N) is 2. The van der Waals surface area contributed by atoms with Crippen molar-refractivity contribution in [1.82, 2.24) is 15.4 Å². The van der Waals surface area contributed by atoms with Gasteiger partial charge in [-0.15, -0.1) is 5.10 Å². The van der Waals surface area contributed by atoms with Crippen LogP contribution in [0.15, 0.2) is 6.20 Å². The smallest absolute Gasteiger partial charge is 0.451 e. The summed E-state index contributed by atoms with van der Waals surface area (Å²) < 4.78 is 27.1. The van der Waals surface area contributed by atoms with E-state index in [9.17, 15) is 18.3 Å². The largest absolute Gasteiger partial charge is 0.480 e. The minimum absolute atomic E-state index is 0.0137. The Balaban J connectivity index is 2.11. The summed E-state index contributed by atoms with van der Waals surface area (Å²) in [6.07, 6.45) is 1.72. The van der Waals surface area contributed by atoms with Crippen LogP contribution >= 0.6 is 0 Å². The number of carboxylic acid groups (broad SMARTS) is 1. The molecule has 1 aliphatic rings. The zero-order valence-electron chi connectivity index (χ0n) is 12.8. The van der Waals surface area contributed by atoms with E-state index in [1.807, 2.05) is 0 Å². The van der Waals surface area contributed by atoms with E-state index in [4.69, 9.17) is 15.8 Å². The van der Waals surface area contributed by atoms with Crippen LogP contribution in [0.4, 0.5) is 5.82 Å². The maximum Gasteiger partial charge on any atom is 0.451 e. The predicted octanol–water partition coefficient (Wildman–Crippen LogP) is -1.64. The predicted molar refractivity (Wildman–Crippen MR) is 84.2 cm³/mol. The zero-order chi connectivity index (χ0) is 18.0. The number of aromatic nitrogens is 3. The summed E-state index contributed by atoms with van der Waals surface area (Å²) in [6.45, 7) is 0. The van der Waals surface area contributed by atoms with Crippen molar-refractivity contribution in [3.8, 4) is 0 Å². The van der Waals surface area contributed by atoms with Crippen molar-refractivity contribution in [3.05, 3.63) is 6.20 Å². The molecule has 1 aromatic rings. The summed E-state index contributed by atoms with van der Waals surface area (Å²) in [5.41, 5.74) is 4.30. The lowest BCUT2D eigenvalue weighted by molar-refractivity contribution is -0.144. The lowest BCUT2D eigenvalue weighted by Crippen LogP contribution is -2.51. The van der Waals surface area contributed by atoms with E-state index >= 15 is 0 Å². The van der Waals surface area contributed by atoms with Crippen molar-refractivity contribution in [1.29, 1.82) is 0 Å². The van der Waals surface area contributed by atoms with Gasteiger partial charge < -0.3 is 20.9 Å². The van der Waals surface area contributed by atoms with Crippen LogP contribution in [0, 0.1) is 5.92 Å². The molecule has 2 rings (SSSR count). The SMILES string of the molecule is N[C@@]1(C(=O)O)CC(S(=O)(=O)Nc2cn[nH]n2)C[C@@H]1CCCB(O)O. The fourth-order valence-corrected chi connectivity index (χ4v) is 4.59. The molecule has 0 amide bonds. The Kier molecular flexibility index (Phi) is 5.47. The molecule has 1 fully saturated rings. The number of hydrogen-bond donors (Lipinski definition) is 6. The van der Waals surface area contributed by atoms with Crippen molar-refractivity contribution in [2.75, 3.05) is 4.72 Å². The number of nitrogens with two attached hydrogens (primary N) is 1. The second kappa shape index (κ2) is 7.05. The highest BCUT2D eigenvalue weighted by atomic mass is 32.2. The number of carbonyl (C=O) groups is 1. The Hall–Kier alpha value is -1.70. The highest BCUT2D eigenvalue weighted by Crippen LogP contribution is 2.41. The molecule has 1 aliphatic carbocycles. The average Bonchev–Trinajstić information content (AvgIpc) is 3.07. The number of nitrogens with zero attached hydrogens (tertiary/aromatic N) is 2. The van der Waals surface area contributed by atoms with Crippen LogP contribution in [0.2, 0.25) is 6.32 Å². The summed E-state index contributed by atoms with van der Waals surface area (Å²) >= 11 is 0. The maximum absolute atomic E-state index is 12.4. The molecule has 24 heavy (non-hydrogen) atoms. The van der Waals surface area contributed by atoms with Crippen LogP contribution in [-0.2, 0) is 14.8 Å². The van der Waals surface area contributed by atoms with Crippen LogP contribution in [-0.4, -0.2) is 62.9 Å². The Bertz CT molecular complexity index is 668. The number of aliphatic carboxylic acids is 1. The van der Waals surface area contributed by atoms with E-state index < -0.39 is 39.8 Å². The minimum atomic E-state index is -3.88. The second-order valence-electron chi connectivity index (χ2n) is 6.02. The van der Waals surface area contributed by atoms with Crippen LogP contribution in [0.25, 0.3) is 0 Å². The summed E-state index contributed by atoms with van der Waals surface area (Å²) in [5, 5.41) is 35.6. The number of carboxylic acids is 1. The number of hydrogen-bond acceptors (Lipinski definition) is 8. The van der Waals surface area contributed by atoms with Gasteiger partial charge in [-0.3, -0.25) is 9.52 Å². The Labute approximate surface area is 138 Å². The van der Waals surface area contributed by atoms with Gasteiger partial charge in [0.1, 0.15) is 5.54 Å². The van der Waals surface area contributed by atoms with Gasteiger partial charge in [0.05, 0.1) is 11.4 Å². The normalized spacial score (nSPS) is 27.1. The first-order valence-corrected chi connectivity index (χ1v) is 8.95. The third-order valence-electron chi connectivity index (χ3n) is 4.36. The van der Waals surface area contributed by atoms with Crippen molar-refractivity contribution in [2.45, 2.75) is 42.8 Å². The first-order valence-electron chi connectivity index (χ1n) is 7.41. The quantitative estimate of drug-likeness (QED) is 0.295. The number of anilines is 1. The third-order valence-corrected chi connectivity index (χ3v) is 6.09. The topological polar surface area (TPSA) is 192 Å². The van der Waals surface area contributed by atoms with Crippen LogP contribution in [0.3, 0.4) is 0 Å². The number of sulfonamides is 1. The fourth-order valence-electron chi connectivity index (χ4n) is 3.05. The fraction of sp³-hybridized carbons (Fsp3) is 0.727. The molecule has 0 spiro atoms. The third kappa shape index (κ3) is 4.04. The van der Waals surface area contributed by atoms with Gasteiger partial charge in [0.25, 0.3) is 0 Å². The molecule has 0 radical (unpaired) electrons. The molecule has 3 atom stereocenters. The number of rotatable bonds is 8. The van der Waals surface area contributed by atoms with Crippen LogP contribution in [0.5, 0.6) is 0 Å². The molecule has 7 N–H and O–H groups in total. The summed E-state index contributed by atoms with van der Waals surface area (Å²) in [6, 6.07) is 0. The van der Waals surface area contributed by atoms with Gasteiger partial charge in [-0.05, 0) is 31.5 Å². The lowest BCUT2D eigenvalue weighted by atomic mass is 9.78. The Morgan fingerprint density at radius 3 is 2.79 bits per heavy atom. The maximum atomic E-state index is 12.4. The lowest BCUT2D eigenvalue weighted by Gasteiger charge is -2.26. The molecule has 1 aromatic heterocycles. The van der Waals surface area contributed by atoms with Crippen LogP contribution in [0.1, 0.15) is 25.7 Å². The van der Waals surface area contributed by atoms with Gasteiger partial charge in [0, 0.05) is 0 Å². The minimum Gasteiger partial charge on any atom is -0.480 e. The Morgan fingerprint density at radius 2 is 2.25 bits per heavy atom. The van der Waals surface area contributed by atoms with Gasteiger partial charge in [-0.25, -0.2) is 8.42 Å². The second-order valence-corrected chi connectivity index (χ2v) is 7.98. The van der Waals surface area contributed by atoms with E-state index in [0.29, 0.717) is 6.42 Å². The first-order chi connectivity index (χ1) is 11.1. The molecule has 0 saturated heterocycles. The van der Waals surface area contributed by atoms with Gasteiger partial charge in [-0.1, -0.05) is 6.42 Å². The molecule has 1 heterocycles. The highest BCUT2D eigenvalue weighted by molar-refractivity contribution is 7.93. The van der Waals surface area contributed by atoms with Gasteiger partial charge in [-0.2, -0.15) is 10.3 Å². The van der Waals surface area contributed by atoms with E-state index in [1.54, 1.807) is 0 Å². The van der Waals surface area contributed by atoms with E-state index in [-0.39, 0.29) is 31.4 Å². The van der Waals surface area contributed by atoms with E-state index in [2.05, 4.69) is 20.1 Å². The van der Waals surface area contributed by atoms with Crippen molar-refractivity contribution >= 4 is 28.9 Å². The van der Waals surface area contributed by atoms with Gasteiger partial charge in [0.15, 0.2) is 5.82 Å². The van der Waals surface area contributed by atoms with Crippen molar-refractivity contribution in [2.24, 2.45) is 11.7 Å². The number of aromatic amines is 1. The summed E-state index contributed by atoms with van der Waals surface area (Å²) in [7, 11) is -5.37. The molecule has 0 aliphatic heterocycles. The van der Waals surface area contributed by atoms with E-state index in [1.165, 1.54) is 6.20 Å². The molecular formula is C11H20BN5O6S. The molecular weight excluding hydrogens is 341 g/mol. The molecule has 134 valence electrons. The average molecular weight is 361 g/mol. The van der Waals surface area contributed by atoms with E-state index in [0.717, 1.165) is 0 Å². The highest BCUT2D eigenvalue weighted by Gasteiger charge is 2.53. The molecule has 11 nitrogen and oxygen atoms in total. The zero-order valence-corrected chi connectivity index (χ0v) is 13.6. The molecule has 1 saturated carbocycles.